The molecule has 0 saturated carbocycles. The van der Waals surface area contributed by atoms with Crippen LogP contribution in [0.15, 0.2) is 22.7 Å². The van der Waals surface area contributed by atoms with E-state index in [1.165, 1.54) is 12.1 Å². The van der Waals surface area contributed by atoms with Crippen LogP contribution in [0.2, 0.25) is 0 Å². The molecule has 6 heteroatoms. The Labute approximate surface area is 103 Å². The summed E-state index contributed by atoms with van der Waals surface area (Å²) in [4.78, 5) is 11.6. The van der Waals surface area contributed by atoms with E-state index in [0.29, 0.717) is 5.69 Å². The number of aromatic nitrogens is 2. The molecule has 0 saturated heterocycles. The predicted molar refractivity (Wildman–Crippen MR) is 60.5 cm³/mol. The first-order chi connectivity index (χ1) is 8.60. The SMILES string of the molecule is Cc1cn(C)nc1COC(=O)c1ccc(C#N)o1. The molecule has 6 nitrogen and oxygen atoms in total. The fraction of sp³-hybridized carbons (Fsp3) is 0.250. The third-order valence-electron chi connectivity index (χ3n) is 2.37. The lowest BCUT2D eigenvalue weighted by Crippen LogP contribution is -2.05. The van der Waals surface area contributed by atoms with Crippen molar-refractivity contribution in [3.05, 3.63) is 41.1 Å². The van der Waals surface area contributed by atoms with Gasteiger partial charge in [0.15, 0.2) is 0 Å². The summed E-state index contributed by atoms with van der Waals surface area (Å²) in [5, 5.41) is 12.7. The zero-order chi connectivity index (χ0) is 13.1. The number of rotatable bonds is 3. The van der Waals surface area contributed by atoms with Gasteiger partial charge in [0.25, 0.3) is 0 Å². The number of aryl methyl sites for hydroxylation is 2. The zero-order valence-electron chi connectivity index (χ0n) is 10.0. The third kappa shape index (κ3) is 2.40. The van der Waals surface area contributed by atoms with Gasteiger partial charge in [-0.1, -0.05) is 0 Å². The summed E-state index contributed by atoms with van der Waals surface area (Å²) in [6.07, 6.45) is 1.84. The molecule has 0 aromatic carbocycles. The second kappa shape index (κ2) is 4.75. The van der Waals surface area contributed by atoms with Crippen molar-refractivity contribution in [3.63, 3.8) is 0 Å². The molecule has 2 heterocycles. The van der Waals surface area contributed by atoms with Gasteiger partial charge in [-0.2, -0.15) is 10.4 Å². The molecule has 0 amide bonds. The lowest BCUT2D eigenvalue weighted by molar-refractivity contribution is 0.0429. The van der Waals surface area contributed by atoms with E-state index in [1.54, 1.807) is 17.8 Å². The van der Waals surface area contributed by atoms with Gasteiger partial charge in [-0.15, -0.1) is 0 Å². The second-order valence-electron chi connectivity index (χ2n) is 3.78. The molecule has 0 aliphatic heterocycles. The Morgan fingerprint density at radius 1 is 1.61 bits per heavy atom. The van der Waals surface area contributed by atoms with Crippen molar-refractivity contribution in [2.45, 2.75) is 13.5 Å². The van der Waals surface area contributed by atoms with Crippen molar-refractivity contribution >= 4 is 5.97 Å². The van der Waals surface area contributed by atoms with Crippen LogP contribution in [0.25, 0.3) is 0 Å². The van der Waals surface area contributed by atoms with Crippen molar-refractivity contribution in [3.8, 4) is 6.07 Å². The maximum Gasteiger partial charge on any atom is 0.374 e. The molecule has 0 bridgehead atoms. The monoisotopic (exact) mass is 245 g/mol. The number of nitriles is 1. The molecular weight excluding hydrogens is 234 g/mol. The van der Waals surface area contributed by atoms with Crippen LogP contribution in [0.5, 0.6) is 0 Å². The summed E-state index contributed by atoms with van der Waals surface area (Å²) < 4.78 is 11.7. The van der Waals surface area contributed by atoms with Gasteiger partial charge in [0.1, 0.15) is 18.4 Å². The summed E-state index contributed by atoms with van der Waals surface area (Å²) in [6, 6.07) is 4.63. The van der Waals surface area contributed by atoms with Gasteiger partial charge < -0.3 is 9.15 Å². The maximum atomic E-state index is 11.6. The molecule has 2 aromatic heterocycles. The van der Waals surface area contributed by atoms with Crippen molar-refractivity contribution in [1.29, 1.82) is 5.26 Å². The van der Waals surface area contributed by atoms with E-state index in [1.807, 2.05) is 13.1 Å². The molecule has 0 radical (unpaired) electrons. The number of nitrogens with zero attached hydrogens (tertiary/aromatic N) is 3. The lowest BCUT2D eigenvalue weighted by atomic mass is 10.3. The smallest absolute Gasteiger partial charge is 0.374 e. The first-order valence-corrected chi connectivity index (χ1v) is 5.26. The van der Waals surface area contributed by atoms with E-state index in [-0.39, 0.29) is 18.1 Å². The molecule has 0 unspecified atom stereocenters. The minimum absolute atomic E-state index is 0.0140. The van der Waals surface area contributed by atoms with Crippen LogP contribution in [0, 0.1) is 18.3 Å². The van der Waals surface area contributed by atoms with Gasteiger partial charge in [0, 0.05) is 13.2 Å². The number of esters is 1. The molecule has 2 rings (SSSR count). The summed E-state index contributed by atoms with van der Waals surface area (Å²) in [5.41, 5.74) is 1.64. The average Bonchev–Trinajstić information content (AvgIpc) is 2.93. The van der Waals surface area contributed by atoms with Crippen LogP contribution in [0.1, 0.15) is 27.6 Å². The minimum atomic E-state index is -0.610. The van der Waals surface area contributed by atoms with E-state index >= 15 is 0 Å². The van der Waals surface area contributed by atoms with Gasteiger partial charge in [-0.25, -0.2) is 4.79 Å². The highest BCUT2D eigenvalue weighted by Gasteiger charge is 2.14. The van der Waals surface area contributed by atoms with Gasteiger partial charge in [0.2, 0.25) is 11.5 Å². The van der Waals surface area contributed by atoms with Crippen LogP contribution in [0.3, 0.4) is 0 Å². The van der Waals surface area contributed by atoms with E-state index in [2.05, 4.69) is 5.10 Å². The van der Waals surface area contributed by atoms with Crippen LogP contribution >= 0.6 is 0 Å². The largest absolute Gasteiger partial charge is 0.453 e. The third-order valence-corrected chi connectivity index (χ3v) is 2.37. The van der Waals surface area contributed by atoms with E-state index in [4.69, 9.17) is 14.4 Å². The van der Waals surface area contributed by atoms with Crippen molar-refractivity contribution in [1.82, 2.24) is 9.78 Å². The van der Waals surface area contributed by atoms with E-state index in [9.17, 15) is 4.79 Å². The number of furan rings is 1. The average molecular weight is 245 g/mol. The van der Waals surface area contributed by atoms with Crippen LogP contribution in [-0.2, 0) is 18.4 Å². The van der Waals surface area contributed by atoms with Gasteiger partial charge in [-0.3, -0.25) is 4.68 Å². The van der Waals surface area contributed by atoms with E-state index in [0.717, 1.165) is 5.56 Å². The van der Waals surface area contributed by atoms with Crippen LogP contribution < -0.4 is 0 Å². The van der Waals surface area contributed by atoms with Crippen LogP contribution in [0.4, 0.5) is 0 Å². The number of hydrogen-bond donors (Lipinski definition) is 0. The molecule has 0 fully saturated rings. The Morgan fingerprint density at radius 2 is 2.39 bits per heavy atom. The number of carbonyl (C=O) groups is 1. The highest BCUT2D eigenvalue weighted by Crippen LogP contribution is 2.11. The predicted octanol–water partition coefficient (Wildman–Crippen LogP) is 1.55. The normalized spacial score (nSPS) is 10.1. The highest BCUT2D eigenvalue weighted by molar-refractivity contribution is 5.86. The maximum absolute atomic E-state index is 11.6. The van der Waals surface area contributed by atoms with Crippen molar-refractivity contribution in [2.24, 2.45) is 7.05 Å². The summed E-state index contributed by atoms with van der Waals surface area (Å²) in [5.74, 6) is -0.516. The quantitative estimate of drug-likeness (QED) is 0.766. The molecule has 92 valence electrons. The van der Waals surface area contributed by atoms with Crippen molar-refractivity contribution in [2.75, 3.05) is 0 Å². The Morgan fingerprint density at radius 3 is 2.94 bits per heavy atom. The molecule has 0 atom stereocenters. The first-order valence-electron chi connectivity index (χ1n) is 5.26. The summed E-state index contributed by atoms with van der Waals surface area (Å²) in [6.45, 7) is 1.96. The van der Waals surface area contributed by atoms with E-state index < -0.39 is 5.97 Å². The Bertz CT molecular complexity index is 619. The molecule has 0 aliphatic rings. The molecule has 0 N–H and O–H groups in total. The molecular formula is C12H11N3O3. The summed E-state index contributed by atoms with van der Waals surface area (Å²) in [7, 11) is 1.80. The van der Waals surface area contributed by atoms with Gasteiger partial charge in [0.05, 0.1) is 0 Å². The molecule has 0 aliphatic carbocycles. The fourth-order valence-corrected chi connectivity index (χ4v) is 1.51. The van der Waals surface area contributed by atoms with Crippen molar-refractivity contribution < 1.29 is 13.9 Å². The number of carbonyl (C=O) groups excluding carboxylic acids is 1. The number of ether oxygens (including phenoxy) is 1. The summed E-state index contributed by atoms with van der Waals surface area (Å²) >= 11 is 0. The minimum Gasteiger partial charge on any atom is -0.453 e. The Kier molecular flexibility index (Phi) is 3.15. The molecule has 0 spiro atoms. The standard InChI is InChI=1S/C12H11N3O3/c1-8-6-15(2)14-10(8)7-17-12(16)11-4-3-9(5-13)18-11/h3-4,6H,7H2,1-2H3. The highest BCUT2D eigenvalue weighted by atomic mass is 16.5. The second-order valence-corrected chi connectivity index (χ2v) is 3.78. The van der Waals surface area contributed by atoms with Gasteiger partial charge >= 0.3 is 5.97 Å². The molecule has 18 heavy (non-hydrogen) atoms. The first kappa shape index (κ1) is 11.9. The molecule has 2 aromatic rings. The lowest BCUT2D eigenvalue weighted by Gasteiger charge is -2.00. The fourth-order valence-electron chi connectivity index (χ4n) is 1.51. The van der Waals surface area contributed by atoms with Crippen LogP contribution in [-0.4, -0.2) is 15.7 Å². The number of hydrogen-bond acceptors (Lipinski definition) is 5. The Hall–Kier alpha value is -2.55. The zero-order valence-corrected chi connectivity index (χ0v) is 10.0. The topological polar surface area (TPSA) is 81.0 Å². The Balaban J connectivity index is 2.00. The van der Waals surface area contributed by atoms with Gasteiger partial charge in [-0.05, 0) is 24.6 Å².